The molecule has 0 unspecified atom stereocenters. The molecule has 3 aromatic rings. The van der Waals surface area contributed by atoms with Gasteiger partial charge in [0.25, 0.3) is 5.91 Å². The van der Waals surface area contributed by atoms with Gasteiger partial charge >= 0.3 is 0 Å². The van der Waals surface area contributed by atoms with E-state index >= 15 is 0 Å². The molecular formula is C22H23N3O3. The first kappa shape index (κ1) is 19.2. The number of methoxy groups -OCH3 is 1. The van der Waals surface area contributed by atoms with Crippen molar-refractivity contribution in [2.75, 3.05) is 31.0 Å². The molecule has 28 heavy (non-hydrogen) atoms. The van der Waals surface area contributed by atoms with Crippen LogP contribution in [0.15, 0.2) is 72.9 Å². The van der Waals surface area contributed by atoms with E-state index in [1.54, 1.807) is 31.5 Å². The van der Waals surface area contributed by atoms with Crippen LogP contribution < -0.4 is 19.7 Å². The van der Waals surface area contributed by atoms with Crippen molar-refractivity contribution in [3.05, 3.63) is 78.5 Å². The smallest absolute Gasteiger partial charge is 0.263 e. The monoisotopic (exact) mass is 377 g/mol. The standard InChI is InChI=1S/C22H23N3O3/c1-25(15-17-8-4-3-5-9-17)18-12-13-21(23-14-18)24-22(26)16-28-20-11-7-6-10-19(20)27-2/h3-14H,15-16H2,1-2H3,(H,23,24,26). The molecule has 0 saturated heterocycles. The Morgan fingerprint density at radius 1 is 1.00 bits per heavy atom. The van der Waals surface area contributed by atoms with E-state index in [4.69, 9.17) is 9.47 Å². The van der Waals surface area contributed by atoms with Crippen molar-refractivity contribution in [1.82, 2.24) is 4.98 Å². The minimum atomic E-state index is -0.288. The summed E-state index contributed by atoms with van der Waals surface area (Å²) in [5, 5.41) is 2.73. The van der Waals surface area contributed by atoms with Crippen molar-refractivity contribution in [2.24, 2.45) is 0 Å². The van der Waals surface area contributed by atoms with Crippen LogP contribution in [-0.2, 0) is 11.3 Å². The van der Waals surface area contributed by atoms with Crippen LogP contribution in [0.1, 0.15) is 5.56 Å². The summed E-state index contributed by atoms with van der Waals surface area (Å²) < 4.78 is 10.7. The van der Waals surface area contributed by atoms with Gasteiger partial charge in [-0.1, -0.05) is 42.5 Å². The van der Waals surface area contributed by atoms with Crippen LogP contribution in [0.3, 0.4) is 0 Å². The molecule has 0 atom stereocenters. The predicted molar refractivity (Wildman–Crippen MR) is 110 cm³/mol. The van der Waals surface area contributed by atoms with E-state index in [1.165, 1.54) is 5.56 Å². The minimum Gasteiger partial charge on any atom is -0.493 e. The third kappa shape index (κ3) is 5.23. The van der Waals surface area contributed by atoms with Crippen LogP contribution >= 0.6 is 0 Å². The second-order valence-corrected chi connectivity index (χ2v) is 6.23. The lowest BCUT2D eigenvalue weighted by atomic mass is 10.2. The Morgan fingerprint density at radius 2 is 1.71 bits per heavy atom. The molecule has 0 bridgehead atoms. The first-order chi connectivity index (χ1) is 13.7. The van der Waals surface area contributed by atoms with Crippen LogP contribution in [0.4, 0.5) is 11.5 Å². The Balaban J connectivity index is 1.52. The van der Waals surface area contributed by atoms with E-state index < -0.39 is 0 Å². The molecule has 6 heteroatoms. The average molecular weight is 377 g/mol. The Labute approximate surface area is 164 Å². The first-order valence-electron chi connectivity index (χ1n) is 8.92. The topological polar surface area (TPSA) is 63.7 Å². The van der Waals surface area contributed by atoms with Crippen molar-refractivity contribution < 1.29 is 14.3 Å². The quantitative estimate of drug-likeness (QED) is 0.648. The number of nitrogens with one attached hydrogen (secondary N) is 1. The summed E-state index contributed by atoms with van der Waals surface area (Å²) in [4.78, 5) is 18.5. The van der Waals surface area contributed by atoms with Gasteiger partial charge in [0.15, 0.2) is 18.1 Å². The molecule has 3 rings (SSSR count). The maximum atomic E-state index is 12.1. The van der Waals surface area contributed by atoms with E-state index in [1.807, 2.05) is 43.4 Å². The second-order valence-electron chi connectivity index (χ2n) is 6.23. The fourth-order valence-electron chi connectivity index (χ4n) is 2.69. The first-order valence-corrected chi connectivity index (χ1v) is 8.92. The number of aromatic nitrogens is 1. The molecule has 1 amide bonds. The molecule has 0 aliphatic heterocycles. The summed E-state index contributed by atoms with van der Waals surface area (Å²) in [6.07, 6.45) is 1.74. The maximum Gasteiger partial charge on any atom is 0.263 e. The Bertz CT molecular complexity index is 898. The average Bonchev–Trinajstić information content (AvgIpc) is 2.73. The fraction of sp³-hybridized carbons (Fsp3) is 0.182. The number of benzene rings is 2. The van der Waals surface area contributed by atoms with E-state index in [0.717, 1.165) is 12.2 Å². The van der Waals surface area contributed by atoms with Crippen LogP contribution in [0.25, 0.3) is 0 Å². The summed E-state index contributed by atoms with van der Waals surface area (Å²) in [5.41, 5.74) is 2.18. The lowest BCUT2D eigenvalue weighted by molar-refractivity contribution is -0.118. The molecular weight excluding hydrogens is 354 g/mol. The van der Waals surface area contributed by atoms with Crippen LogP contribution in [0, 0.1) is 0 Å². The van der Waals surface area contributed by atoms with Crippen molar-refractivity contribution in [3.63, 3.8) is 0 Å². The molecule has 144 valence electrons. The van der Waals surface area contributed by atoms with E-state index in [-0.39, 0.29) is 12.5 Å². The number of amides is 1. The van der Waals surface area contributed by atoms with Gasteiger partial charge in [0, 0.05) is 13.6 Å². The van der Waals surface area contributed by atoms with E-state index in [9.17, 15) is 4.79 Å². The minimum absolute atomic E-state index is 0.127. The SMILES string of the molecule is COc1ccccc1OCC(=O)Nc1ccc(N(C)Cc2ccccc2)cn1. The third-order valence-electron chi connectivity index (χ3n) is 4.15. The number of carbonyl (C=O) groups excluding carboxylic acids is 1. The predicted octanol–water partition coefficient (Wildman–Crippen LogP) is 3.74. The zero-order valence-electron chi connectivity index (χ0n) is 16.0. The molecule has 0 aliphatic rings. The fourth-order valence-corrected chi connectivity index (χ4v) is 2.69. The lowest BCUT2D eigenvalue weighted by Crippen LogP contribution is -2.21. The molecule has 2 aromatic carbocycles. The normalized spacial score (nSPS) is 10.2. The highest BCUT2D eigenvalue weighted by Crippen LogP contribution is 2.25. The highest BCUT2D eigenvalue weighted by atomic mass is 16.5. The van der Waals surface area contributed by atoms with Gasteiger partial charge in [0.2, 0.25) is 0 Å². The number of nitrogens with zero attached hydrogens (tertiary/aromatic N) is 2. The Kier molecular flexibility index (Phi) is 6.46. The second kappa shape index (κ2) is 9.41. The zero-order valence-corrected chi connectivity index (χ0v) is 16.0. The molecule has 0 spiro atoms. The van der Waals surface area contributed by atoms with Gasteiger partial charge in [-0.05, 0) is 29.8 Å². The van der Waals surface area contributed by atoms with Gasteiger partial charge in [-0.3, -0.25) is 4.79 Å². The summed E-state index contributed by atoms with van der Waals surface area (Å²) in [5.74, 6) is 1.29. The number of para-hydroxylation sites is 2. The van der Waals surface area contributed by atoms with Crippen molar-refractivity contribution >= 4 is 17.4 Å². The van der Waals surface area contributed by atoms with Gasteiger partial charge in [-0.2, -0.15) is 0 Å². The Morgan fingerprint density at radius 3 is 2.39 bits per heavy atom. The number of pyridine rings is 1. The van der Waals surface area contributed by atoms with Gasteiger partial charge in [0.1, 0.15) is 5.82 Å². The molecule has 1 heterocycles. The van der Waals surface area contributed by atoms with Crippen LogP contribution in [0.2, 0.25) is 0 Å². The van der Waals surface area contributed by atoms with Crippen molar-refractivity contribution in [3.8, 4) is 11.5 Å². The molecule has 1 N–H and O–H groups in total. The number of ether oxygens (including phenoxy) is 2. The highest BCUT2D eigenvalue weighted by molar-refractivity contribution is 5.91. The largest absolute Gasteiger partial charge is 0.493 e. The van der Waals surface area contributed by atoms with E-state index in [0.29, 0.717) is 17.3 Å². The van der Waals surface area contributed by atoms with Gasteiger partial charge < -0.3 is 19.7 Å². The summed E-state index contributed by atoms with van der Waals surface area (Å²) in [6, 6.07) is 21.1. The van der Waals surface area contributed by atoms with Crippen LogP contribution in [-0.4, -0.2) is 31.7 Å². The summed E-state index contributed by atoms with van der Waals surface area (Å²) in [6.45, 7) is 0.651. The van der Waals surface area contributed by atoms with E-state index in [2.05, 4.69) is 27.3 Å². The lowest BCUT2D eigenvalue weighted by Gasteiger charge is -2.19. The van der Waals surface area contributed by atoms with Gasteiger partial charge in [0.05, 0.1) is 19.0 Å². The summed E-state index contributed by atoms with van der Waals surface area (Å²) in [7, 11) is 3.56. The Hall–Kier alpha value is -3.54. The number of anilines is 2. The zero-order chi connectivity index (χ0) is 19.8. The maximum absolute atomic E-state index is 12.1. The van der Waals surface area contributed by atoms with Crippen molar-refractivity contribution in [1.29, 1.82) is 0 Å². The molecule has 0 saturated carbocycles. The molecule has 0 aliphatic carbocycles. The highest BCUT2D eigenvalue weighted by Gasteiger charge is 2.09. The number of carbonyl (C=O) groups is 1. The van der Waals surface area contributed by atoms with Gasteiger partial charge in [-0.15, -0.1) is 0 Å². The third-order valence-corrected chi connectivity index (χ3v) is 4.15. The van der Waals surface area contributed by atoms with Gasteiger partial charge in [-0.25, -0.2) is 4.98 Å². The number of hydrogen-bond acceptors (Lipinski definition) is 5. The molecule has 0 radical (unpaired) electrons. The number of hydrogen-bond donors (Lipinski definition) is 1. The number of rotatable bonds is 8. The summed E-state index contributed by atoms with van der Waals surface area (Å²) >= 11 is 0. The van der Waals surface area contributed by atoms with Crippen molar-refractivity contribution in [2.45, 2.75) is 6.54 Å². The molecule has 0 fully saturated rings. The molecule has 1 aromatic heterocycles. The molecule has 6 nitrogen and oxygen atoms in total. The van der Waals surface area contributed by atoms with Crippen LogP contribution in [0.5, 0.6) is 11.5 Å².